The highest BCUT2D eigenvalue weighted by molar-refractivity contribution is 5.94. The first-order valence-corrected chi connectivity index (χ1v) is 19.4. The molecule has 1 N–H and O–H groups in total. The highest BCUT2D eigenvalue weighted by atomic mass is 14.8. The monoisotopic (exact) mass is 707 g/mol. The van der Waals surface area contributed by atoms with Gasteiger partial charge < -0.3 is 5.32 Å². The minimum atomic E-state index is 0.289. The van der Waals surface area contributed by atoms with Gasteiger partial charge in [-0.2, -0.15) is 0 Å². The quantitative estimate of drug-likeness (QED) is 0.0985. The van der Waals surface area contributed by atoms with Crippen LogP contribution in [0.25, 0.3) is 56.2 Å². The molecule has 55 heavy (non-hydrogen) atoms. The van der Waals surface area contributed by atoms with Crippen LogP contribution in [0.5, 0.6) is 0 Å². The molecular weight excluding hydrogens is 663 g/mol. The Hall–Kier alpha value is -6.70. The van der Waals surface area contributed by atoms with Gasteiger partial charge in [-0.1, -0.05) is 208 Å². The minimum absolute atomic E-state index is 0.289. The second-order valence-electron chi connectivity index (χ2n) is 14.0. The van der Waals surface area contributed by atoms with Crippen LogP contribution in [0.1, 0.15) is 47.9 Å². The average Bonchev–Trinajstić information content (AvgIpc) is 3.57. The summed E-state index contributed by atoms with van der Waals surface area (Å²) in [5.74, 6) is 0.289. The average molecular weight is 708 g/mol. The van der Waals surface area contributed by atoms with Gasteiger partial charge in [0.05, 0.1) is 0 Å². The minimum Gasteiger partial charge on any atom is -0.362 e. The SMILES string of the molecule is CCC/C=C\C1c2ccccc2-c2ccc(N/C=C/C=C(\C=C/c3ccc(-c4c(-c5ccccc5)cccc4-c4ccccc4)cc3)c3ccccc3)cc21. The van der Waals surface area contributed by atoms with Gasteiger partial charge in [0.15, 0.2) is 0 Å². The van der Waals surface area contributed by atoms with Crippen LogP contribution < -0.4 is 5.32 Å². The van der Waals surface area contributed by atoms with Crippen molar-refractivity contribution in [2.24, 2.45) is 0 Å². The Kier molecular flexibility index (Phi) is 10.9. The summed E-state index contributed by atoms with van der Waals surface area (Å²) in [7, 11) is 0. The van der Waals surface area contributed by atoms with Crippen molar-refractivity contribution in [3.8, 4) is 44.5 Å². The summed E-state index contributed by atoms with van der Waals surface area (Å²) in [6, 6.07) is 63.1. The van der Waals surface area contributed by atoms with Crippen molar-refractivity contribution >= 4 is 17.3 Å². The molecule has 0 saturated carbocycles. The van der Waals surface area contributed by atoms with E-state index >= 15 is 0 Å². The molecule has 0 radical (unpaired) electrons. The van der Waals surface area contributed by atoms with Crippen molar-refractivity contribution in [3.63, 3.8) is 0 Å². The molecule has 1 heteroatoms. The lowest BCUT2D eigenvalue weighted by atomic mass is 9.87. The van der Waals surface area contributed by atoms with Gasteiger partial charge in [-0.15, -0.1) is 0 Å². The molecule has 1 aliphatic rings. The van der Waals surface area contributed by atoms with Crippen LogP contribution in [0.4, 0.5) is 5.69 Å². The highest BCUT2D eigenvalue weighted by Crippen LogP contribution is 2.46. The summed E-state index contributed by atoms with van der Waals surface area (Å²) in [6.07, 6.45) is 17.7. The molecule has 0 heterocycles. The van der Waals surface area contributed by atoms with Crippen LogP contribution in [-0.2, 0) is 0 Å². The number of benzene rings is 7. The van der Waals surface area contributed by atoms with Gasteiger partial charge in [0.1, 0.15) is 0 Å². The first kappa shape index (κ1) is 35.3. The smallest absolute Gasteiger partial charge is 0.0383 e. The Morgan fingerprint density at radius 1 is 0.564 bits per heavy atom. The van der Waals surface area contributed by atoms with Crippen LogP contribution >= 0.6 is 0 Å². The predicted molar refractivity (Wildman–Crippen MR) is 237 cm³/mol. The lowest BCUT2D eigenvalue weighted by Gasteiger charge is -2.16. The van der Waals surface area contributed by atoms with Gasteiger partial charge in [0, 0.05) is 17.8 Å². The molecule has 0 spiro atoms. The Morgan fingerprint density at radius 2 is 1.18 bits per heavy atom. The van der Waals surface area contributed by atoms with Gasteiger partial charge in [0.2, 0.25) is 0 Å². The number of anilines is 1. The molecule has 0 saturated heterocycles. The van der Waals surface area contributed by atoms with E-state index in [0.717, 1.165) is 29.7 Å². The lowest BCUT2D eigenvalue weighted by Crippen LogP contribution is -1.94. The molecule has 8 rings (SSSR count). The summed E-state index contributed by atoms with van der Waals surface area (Å²) in [5.41, 5.74) is 17.3. The third-order valence-corrected chi connectivity index (χ3v) is 10.4. The zero-order valence-electron chi connectivity index (χ0n) is 31.3. The summed E-state index contributed by atoms with van der Waals surface area (Å²) >= 11 is 0. The summed E-state index contributed by atoms with van der Waals surface area (Å²) < 4.78 is 0. The number of hydrogen-bond donors (Lipinski definition) is 1. The third-order valence-electron chi connectivity index (χ3n) is 10.4. The zero-order chi connectivity index (χ0) is 37.2. The van der Waals surface area contributed by atoms with Gasteiger partial charge in [-0.3, -0.25) is 0 Å². The summed E-state index contributed by atoms with van der Waals surface area (Å²) in [4.78, 5) is 0. The van der Waals surface area contributed by atoms with E-state index in [0.29, 0.717) is 0 Å². The lowest BCUT2D eigenvalue weighted by molar-refractivity contribution is 0.943. The zero-order valence-corrected chi connectivity index (χ0v) is 31.3. The van der Waals surface area contributed by atoms with Gasteiger partial charge in [-0.05, 0) is 97.0 Å². The normalized spacial score (nSPS) is 13.8. The van der Waals surface area contributed by atoms with E-state index in [2.05, 4.69) is 225 Å². The first-order chi connectivity index (χ1) is 27.3. The van der Waals surface area contributed by atoms with E-state index < -0.39 is 0 Å². The summed E-state index contributed by atoms with van der Waals surface area (Å²) in [6.45, 7) is 2.23. The number of rotatable bonds is 12. The Labute approximate surface area is 326 Å². The van der Waals surface area contributed by atoms with Gasteiger partial charge in [0.25, 0.3) is 0 Å². The molecule has 1 unspecified atom stereocenters. The predicted octanol–water partition coefficient (Wildman–Crippen LogP) is 14.9. The van der Waals surface area contributed by atoms with Crippen molar-refractivity contribution in [2.75, 3.05) is 5.32 Å². The third kappa shape index (κ3) is 7.98. The van der Waals surface area contributed by atoms with Crippen molar-refractivity contribution in [3.05, 3.63) is 235 Å². The van der Waals surface area contributed by atoms with E-state index in [1.807, 2.05) is 6.20 Å². The fraction of sp³-hybridized carbons (Fsp3) is 0.0741. The Balaban J connectivity index is 1.04. The standard InChI is InChI=1S/C54H45N/c1-2-3-7-25-51-49-26-14-15-27-50(49)52-37-36-46(39-53(51)52)55-38-17-24-42(41-18-8-4-9-19-41)33-30-40-31-34-45(35-32-40)54-47(43-20-10-5-11-21-43)28-16-29-48(54)44-22-12-6-13-23-44/h4-39,51,55H,2-3H2,1H3/b25-7-,33-30-,38-17+,42-24+. The molecular formula is C54H45N. The van der Waals surface area contributed by atoms with Gasteiger partial charge in [-0.25, -0.2) is 0 Å². The fourth-order valence-electron chi connectivity index (χ4n) is 7.64. The van der Waals surface area contributed by atoms with Crippen molar-refractivity contribution in [1.29, 1.82) is 0 Å². The molecule has 0 bridgehead atoms. The van der Waals surface area contributed by atoms with Crippen molar-refractivity contribution < 1.29 is 0 Å². The molecule has 0 fully saturated rings. The van der Waals surface area contributed by atoms with Crippen LogP contribution in [0.2, 0.25) is 0 Å². The maximum atomic E-state index is 3.55. The topological polar surface area (TPSA) is 12.0 Å². The van der Waals surface area contributed by atoms with E-state index in [-0.39, 0.29) is 5.92 Å². The molecule has 0 aromatic heterocycles. The van der Waals surface area contributed by atoms with E-state index in [9.17, 15) is 0 Å². The number of nitrogens with one attached hydrogen (secondary N) is 1. The second kappa shape index (κ2) is 17.0. The number of allylic oxidation sites excluding steroid dienone is 6. The van der Waals surface area contributed by atoms with Crippen molar-refractivity contribution in [2.45, 2.75) is 25.7 Å². The molecule has 266 valence electrons. The fourth-order valence-corrected chi connectivity index (χ4v) is 7.64. The Bertz CT molecular complexity index is 2430. The van der Waals surface area contributed by atoms with Gasteiger partial charge >= 0.3 is 0 Å². The number of hydrogen-bond acceptors (Lipinski definition) is 1. The van der Waals surface area contributed by atoms with Crippen LogP contribution in [0.15, 0.2) is 213 Å². The van der Waals surface area contributed by atoms with Crippen molar-refractivity contribution in [1.82, 2.24) is 0 Å². The molecule has 7 aromatic rings. The van der Waals surface area contributed by atoms with Crippen LogP contribution in [0, 0.1) is 0 Å². The largest absolute Gasteiger partial charge is 0.362 e. The van der Waals surface area contributed by atoms with E-state index in [1.165, 1.54) is 61.2 Å². The molecule has 1 aliphatic carbocycles. The highest BCUT2D eigenvalue weighted by Gasteiger charge is 2.26. The van der Waals surface area contributed by atoms with Crippen LogP contribution in [-0.4, -0.2) is 0 Å². The molecule has 7 aromatic carbocycles. The second-order valence-corrected chi connectivity index (χ2v) is 14.0. The Morgan fingerprint density at radius 3 is 1.87 bits per heavy atom. The maximum absolute atomic E-state index is 3.55. The number of unbranched alkanes of at least 4 members (excludes halogenated alkanes) is 1. The summed E-state index contributed by atoms with van der Waals surface area (Å²) in [5, 5.41) is 3.55. The molecule has 0 amide bonds. The van der Waals surface area contributed by atoms with E-state index in [4.69, 9.17) is 0 Å². The van der Waals surface area contributed by atoms with E-state index in [1.54, 1.807) is 0 Å². The molecule has 0 aliphatic heterocycles. The first-order valence-electron chi connectivity index (χ1n) is 19.4. The molecule has 1 nitrogen and oxygen atoms in total. The van der Waals surface area contributed by atoms with Crippen LogP contribution in [0.3, 0.4) is 0 Å². The maximum Gasteiger partial charge on any atom is 0.0383 e. The number of fused-ring (bicyclic) bond motifs is 3. The molecule has 1 atom stereocenters.